The molecular formula is C19H25ClN4O4. The second kappa shape index (κ2) is 7.42. The van der Waals surface area contributed by atoms with Crippen molar-refractivity contribution < 1.29 is 19.4 Å². The predicted molar refractivity (Wildman–Crippen MR) is 104 cm³/mol. The van der Waals surface area contributed by atoms with Gasteiger partial charge in [-0.2, -0.15) is 0 Å². The Morgan fingerprint density at radius 2 is 2.11 bits per heavy atom. The molecule has 0 bridgehead atoms. The van der Waals surface area contributed by atoms with Crippen LogP contribution in [0.2, 0.25) is 5.02 Å². The van der Waals surface area contributed by atoms with Crippen molar-refractivity contribution in [1.82, 2.24) is 14.7 Å². The Balaban J connectivity index is 1.52. The van der Waals surface area contributed by atoms with Crippen LogP contribution in [0.3, 0.4) is 0 Å². The summed E-state index contributed by atoms with van der Waals surface area (Å²) in [5.41, 5.74) is 5.95. The van der Waals surface area contributed by atoms with E-state index in [1.54, 1.807) is 4.90 Å². The molecule has 2 amide bonds. The Labute approximate surface area is 168 Å². The Morgan fingerprint density at radius 3 is 2.79 bits per heavy atom. The lowest BCUT2D eigenvalue weighted by Crippen LogP contribution is -2.62. The lowest BCUT2D eigenvalue weighted by atomic mass is 9.99. The van der Waals surface area contributed by atoms with Crippen molar-refractivity contribution in [2.45, 2.75) is 31.5 Å². The highest BCUT2D eigenvalue weighted by atomic mass is 35.5. The van der Waals surface area contributed by atoms with Gasteiger partial charge in [-0.1, -0.05) is 18.5 Å². The van der Waals surface area contributed by atoms with Crippen LogP contribution in [0, 0.1) is 0 Å². The first-order valence-corrected chi connectivity index (χ1v) is 10.0. The van der Waals surface area contributed by atoms with E-state index in [9.17, 15) is 14.7 Å². The molecule has 3 aliphatic rings. The Hall–Kier alpha value is -2.03. The summed E-state index contributed by atoms with van der Waals surface area (Å²) < 4.78 is 5.85. The van der Waals surface area contributed by atoms with Gasteiger partial charge in [0.05, 0.1) is 41.1 Å². The summed E-state index contributed by atoms with van der Waals surface area (Å²) in [6.45, 7) is 5.58. The maximum Gasteiger partial charge on any atom is 0.257 e. The van der Waals surface area contributed by atoms with Crippen molar-refractivity contribution in [3.63, 3.8) is 0 Å². The third-order valence-electron chi connectivity index (χ3n) is 6.08. The van der Waals surface area contributed by atoms with Crippen molar-refractivity contribution in [2.24, 2.45) is 0 Å². The molecule has 152 valence electrons. The number of rotatable bonds is 3. The van der Waals surface area contributed by atoms with E-state index >= 15 is 0 Å². The molecule has 3 N–H and O–H groups in total. The summed E-state index contributed by atoms with van der Waals surface area (Å²) in [7, 11) is 0. The number of likely N-dealkylation sites (N-methyl/N-ethyl adjacent to an activating group) is 1. The Kier molecular flexibility index (Phi) is 5.11. The highest BCUT2D eigenvalue weighted by Gasteiger charge is 2.47. The normalized spacial score (nSPS) is 27.4. The van der Waals surface area contributed by atoms with Crippen LogP contribution in [0.15, 0.2) is 12.1 Å². The summed E-state index contributed by atoms with van der Waals surface area (Å²) >= 11 is 6.17. The minimum Gasteiger partial charge on any atom is -0.506 e. The fraction of sp³-hybridized carbons (Fsp3) is 0.579. The molecule has 3 atom stereocenters. The number of nitrogens with two attached hydrogens (primary N) is 1. The van der Waals surface area contributed by atoms with E-state index in [2.05, 4.69) is 11.8 Å². The molecule has 3 heterocycles. The topological polar surface area (TPSA) is 99.3 Å². The fourth-order valence-electron chi connectivity index (χ4n) is 4.38. The molecule has 3 fully saturated rings. The van der Waals surface area contributed by atoms with E-state index in [0.717, 1.165) is 19.5 Å². The summed E-state index contributed by atoms with van der Waals surface area (Å²) in [6, 6.07) is 2.57. The van der Waals surface area contributed by atoms with Gasteiger partial charge in [0.25, 0.3) is 5.91 Å². The molecule has 1 unspecified atom stereocenters. The highest BCUT2D eigenvalue weighted by molar-refractivity contribution is 6.34. The number of benzene rings is 1. The van der Waals surface area contributed by atoms with Gasteiger partial charge in [0.15, 0.2) is 0 Å². The number of amides is 2. The lowest BCUT2D eigenvalue weighted by Gasteiger charge is -2.45. The van der Waals surface area contributed by atoms with Crippen molar-refractivity contribution >= 4 is 29.1 Å². The largest absolute Gasteiger partial charge is 0.506 e. The van der Waals surface area contributed by atoms with Crippen LogP contribution in [0.25, 0.3) is 0 Å². The number of halogens is 1. The number of carbonyl (C=O) groups excluding carboxylic acids is 2. The van der Waals surface area contributed by atoms with E-state index in [1.165, 1.54) is 12.1 Å². The zero-order valence-electron chi connectivity index (χ0n) is 15.8. The van der Waals surface area contributed by atoms with E-state index in [-0.39, 0.29) is 52.0 Å². The van der Waals surface area contributed by atoms with Gasteiger partial charge in [-0.15, -0.1) is 0 Å². The van der Waals surface area contributed by atoms with Crippen LogP contribution < -0.4 is 5.73 Å². The van der Waals surface area contributed by atoms with Crippen LogP contribution in [0.5, 0.6) is 5.75 Å². The van der Waals surface area contributed by atoms with Crippen LogP contribution in [-0.2, 0) is 9.53 Å². The molecule has 8 nitrogen and oxygen atoms in total. The zero-order chi connectivity index (χ0) is 20.0. The van der Waals surface area contributed by atoms with E-state index in [1.807, 2.05) is 4.90 Å². The fourth-order valence-corrected chi connectivity index (χ4v) is 4.62. The van der Waals surface area contributed by atoms with Gasteiger partial charge in [0.1, 0.15) is 5.75 Å². The number of morpholine rings is 1. The SMILES string of the molecule is CCN1CCC1C(=O)N1CCO[C@@H]2CN(C(=O)c3c(Cl)ccc(O)c3N)C[C@@H]21. The van der Waals surface area contributed by atoms with Gasteiger partial charge < -0.3 is 25.4 Å². The van der Waals surface area contributed by atoms with E-state index in [0.29, 0.717) is 26.2 Å². The molecule has 0 saturated carbocycles. The van der Waals surface area contributed by atoms with Crippen LogP contribution >= 0.6 is 11.6 Å². The Bertz CT molecular complexity index is 802. The third-order valence-corrected chi connectivity index (χ3v) is 6.39. The molecule has 9 heteroatoms. The van der Waals surface area contributed by atoms with Crippen molar-refractivity contribution in [3.05, 3.63) is 22.7 Å². The van der Waals surface area contributed by atoms with Crippen LogP contribution in [0.1, 0.15) is 23.7 Å². The molecule has 3 aliphatic heterocycles. The molecule has 0 aliphatic carbocycles. The number of nitrogen functional groups attached to an aromatic ring is 1. The number of fused-ring (bicyclic) bond motifs is 1. The maximum absolute atomic E-state index is 13.0. The van der Waals surface area contributed by atoms with Gasteiger partial charge in [-0.3, -0.25) is 14.5 Å². The molecule has 4 rings (SSSR count). The van der Waals surface area contributed by atoms with Crippen LogP contribution in [-0.4, -0.2) is 89.1 Å². The van der Waals surface area contributed by atoms with E-state index < -0.39 is 0 Å². The van der Waals surface area contributed by atoms with Crippen molar-refractivity contribution in [2.75, 3.05) is 45.1 Å². The number of anilines is 1. The van der Waals surface area contributed by atoms with Gasteiger partial charge in [0, 0.05) is 26.2 Å². The van der Waals surface area contributed by atoms with Crippen LogP contribution in [0.4, 0.5) is 5.69 Å². The number of nitrogens with zero attached hydrogens (tertiary/aromatic N) is 3. The number of carbonyl (C=O) groups is 2. The van der Waals surface area contributed by atoms with Gasteiger partial charge in [-0.25, -0.2) is 0 Å². The Morgan fingerprint density at radius 1 is 1.32 bits per heavy atom. The predicted octanol–water partition coefficient (Wildman–Crippen LogP) is 0.774. The minimum atomic E-state index is -0.359. The molecular weight excluding hydrogens is 384 g/mol. The quantitative estimate of drug-likeness (QED) is 0.566. The number of phenolic OH excluding ortho intramolecular Hbond substituents is 1. The molecule has 1 aromatic rings. The molecule has 0 aromatic heterocycles. The van der Waals surface area contributed by atoms with Crippen molar-refractivity contribution in [3.8, 4) is 5.75 Å². The molecule has 1 aromatic carbocycles. The third kappa shape index (κ3) is 3.09. The number of likely N-dealkylation sites (tertiary alicyclic amines) is 2. The average Bonchev–Trinajstić information content (AvgIpc) is 3.08. The number of aromatic hydroxyl groups is 1. The number of hydrogen-bond donors (Lipinski definition) is 2. The van der Waals surface area contributed by atoms with Gasteiger partial charge in [0.2, 0.25) is 5.91 Å². The second-order valence-corrected chi connectivity index (χ2v) is 7.91. The summed E-state index contributed by atoms with van der Waals surface area (Å²) in [6.07, 6.45) is 0.647. The highest BCUT2D eigenvalue weighted by Crippen LogP contribution is 2.34. The zero-order valence-corrected chi connectivity index (χ0v) is 16.6. The maximum atomic E-state index is 13.0. The smallest absolute Gasteiger partial charge is 0.257 e. The first-order valence-electron chi connectivity index (χ1n) is 9.64. The van der Waals surface area contributed by atoms with Crippen molar-refractivity contribution in [1.29, 1.82) is 0 Å². The number of phenols is 1. The first kappa shape index (κ1) is 19.3. The summed E-state index contributed by atoms with van der Waals surface area (Å²) in [4.78, 5) is 31.7. The molecule has 28 heavy (non-hydrogen) atoms. The monoisotopic (exact) mass is 408 g/mol. The summed E-state index contributed by atoms with van der Waals surface area (Å²) in [5.74, 6) is -0.416. The average molecular weight is 409 g/mol. The molecule has 0 spiro atoms. The minimum absolute atomic E-state index is 0.0331. The lowest BCUT2D eigenvalue weighted by molar-refractivity contribution is -0.152. The van der Waals surface area contributed by atoms with Gasteiger partial charge >= 0.3 is 0 Å². The number of ether oxygens (including phenoxy) is 1. The standard InChI is InChI=1S/C19H25ClN4O4/c1-2-22-6-5-12(22)18(26)24-7-8-28-15-10-23(9-13(15)24)19(27)16-11(20)3-4-14(25)17(16)21/h3-4,12-13,15,25H,2,5-10,21H2,1H3/t12?,13-,15+/m0/s1. The first-order chi connectivity index (χ1) is 13.4. The summed E-state index contributed by atoms with van der Waals surface area (Å²) in [5, 5.41) is 10.0. The van der Waals surface area contributed by atoms with E-state index in [4.69, 9.17) is 22.1 Å². The molecule has 0 radical (unpaired) electrons. The van der Waals surface area contributed by atoms with Gasteiger partial charge in [-0.05, 0) is 25.1 Å². The second-order valence-electron chi connectivity index (χ2n) is 7.51. The number of hydrogen-bond acceptors (Lipinski definition) is 6. The molecule has 3 saturated heterocycles.